The van der Waals surface area contributed by atoms with Crippen LogP contribution in [0.1, 0.15) is 0 Å². The molecule has 0 aromatic heterocycles. The number of likely N-dealkylation sites (N-methyl/N-ethyl adjacent to an activating group) is 1. The Hall–Kier alpha value is 1.02. The largest absolute Gasteiger partial charge is 0.617 e. The minimum atomic E-state index is 0. The van der Waals surface area contributed by atoms with Gasteiger partial charge in [-0.3, -0.25) is 13.1 Å². The Morgan fingerprint density at radius 3 is 2.12 bits per heavy atom. The summed E-state index contributed by atoms with van der Waals surface area (Å²) in [7, 11) is 2.09. The first-order valence-electron chi connectivity index (χ1n) is 2.47. The molecule has 45 valence electrons. The van der Waals surface area contributed by atoms with Crippen LogP contribution < -0.4 is 5.32 Å². The minimum Gasteiger partial charge on any atom is -0.617 e. The van der Waals surface area contributed by atoms with Crippen LogP contribution in [-0.4, -0.2) is 25.0 Å². The molecule has 2 nitrogen and oxygen atoms in total. The maximum Gasteiger partial charge on any atom is 0 e. The Labute approximate surface area is 75.9 Å². The van der Waals surface area contributed by atoms with Crippen LogP contribution in [0.2, 0.25) is 0 Å². The predicted octanol–water partition coefficient (Wildman–Crippen LogP) is -0.158. The molecule has 1 aliphatic rings. The van der Waals surface area contributed by atoms with Crippen molar-refractivity contribution in [1.82, 2.24) is 10.2 Å². The van der Waals surface area contributed by atoms with E-state index >= 15 is 0 Å². The first-order chi connectivity index (χ1) is 3.39. The molecule has 0 aromatic carbocycles. The van der Waals surface area contributed by atoms with Crippen LogP contribution in [0.15, 0.2) is 0 Å². The predicted molar refractivity (Wildman–Crippen MR) is 29.2 cm³/mol. The van der Waals surface area contributed by atoms with Crippen LogP contribution >= 0.6 is 0 Å². The van der Waals surface area contributed by atoms with Gasteiger partial charge < -0.3 is 10.2 Å². The van der Waals surface area contributed by atoms with Gasteiger partial charge in [-0.05, 0) is 7.05 Å². The topological polar surface area (TPSA) is 15.3 Å². The average molecular weight is 187 g/mol. The smallest absolute Gasteiger partial charge is 0 e. The van der Waals surface area contributed by atoms with Gasteiger partial charge in [0.2, 0.25) is 0 Å². The molecule has 1 N–H and O–H groups in total. The maximum absolute atomic E-state index is 3.02. The Morgan fingerprint density at radius 1 is 1.38 bits per heavy atom. The second kappa shape index (κ2) is 4.86. The quantitative estimate of drug-likeness (QED) is 0.530. The van der Waals surface area contributed by atoms with Crippen molar-refractivity contribution in [2.75, 3.05) is 20.1 Å². The number of hydrogen-bond acceptors (Lipinski definition) is 2. The van der Waals surface area contributed by atoms with Gasteiger partial charge in [-0.2, -0.15) is 0 Å². The second-order valence-electron chi connectivity index (χ2n) is 1.80. The van der Waals surface area contributed by atoms with Crippen LogP contribution in [0.25, 0.3) is 0 Å². The zero-order valence-corrected chi connectivity index (χ0v) is 7.93. The van der Waals surface area contributed by atoms with Gasteiger partial charge in [-0.15, -0.1) is 13.1 Å². The monoisotopic (exact) mass is 187 g/mol. The molecule has 8 heavy (non-hydrogen) atoms. The van der Waals surface area contributed by atoms with Crippen molar-refractivity contribution in [3.8, 4) is 0 Å². The molecule has 0 unspecified atom stereocenters. The Kier molecular flexibility index (Phi) is 5.48. The van der Waals surface area contributed by atoms with E-state index in [1.807, 2.05) is 13.1 Å². The van der Waals surface area contributed by atoms with Gasteiger partial charge in [0, 0.05) is 32.7 Å². The summed E-state index contributed by atoms with van der Waals surface area (Å²) in [6, 6.07) is 0. The zero-order valence-electron chi connectivity index (χ0n) is 5.09. The molecule has 0 saturated carbocycles. The van der Waals surface area contributed by atoms with Gasteiger partial charge in [0.25, 0.3) is 0 Å². The van der Waals surface area contributed by atoms with E-state index in [2.05, 4.69) is 17.3 Å². The maximum atomic E-state index is 3.02. The molecule has 1 heterocycles. The Morgan fingerprint density at radius 2 is 1.88 bits per heavy atom. The van der Waals surface area contributed by atoms with Crippen LogP contribution in [0.5, 0.6) is 0 Å². The van der Waals surface area contributed by atoms with Crippen molar-refractivity contribution >= 4 is 0 Å². The molecule has 1 aliphatic heterocycles. The minimum absolute atomic E-state index is 0. The molecule has 0 spiro atoms. The van der Waals surface area contributed by atoms with E-state index in [-0.39, 0.29) is 32.7 Å². The fourth-order valence-electron chi connectivity index (χ4n) is 0.575. The van der Waals surface area contributed by atoms with E-state index in [0.29, 0.717) is 0 Å². The van der Waals surface area contributed by atoms with Gasteiger partial charge in [0.05, 0.1) is 0 Å². The molecule has 0 aliphatic carbocycles. The SMILES string of the molecule is CN1C[CH-]N[CH-]C1.[Y]. The fourth-order valence-corrected chi connectivity index (χ4v) is 0.575. The van der Waals surface area contributed by atoms with Crippen molar-refractivity contribution in [3.05, 3.63) is 13.1 Å². The van der Waals surface area contributed by atoms with Gasteiger partial charge >= 0.3 is 0 Å². The number of nitrogens with zero attached hydrogens (tertiary/aromatic N) is 1. The van der Waals surface area contributed by atoms with Gasteiger partial charge in [0.15, 0.2) is 0 Å². The normalized spacial score (nSPS) is 22.1. The van der Waals surface area contributed by atoms with E-state index in [9.17, 15) is 0 Å². The number of nitrogens with one attached hydrogen (secondary N) is 1. The van der Waals surface area contributed by atoms with Crippen LogP contribution in [0.3, 0.4) is 0 Å². The molecule has 1 fully saturated rings. The Bertz CT molecular complexity index is 52.4. The summed E-state index contributed by atoms with van der Waals surface area (Å²) in [4.78, 5) is 2.22. The molecular formula is C5H10N2Y-2. The first kappa shape index (κ1) is 9.02. The third kappa shape index (κ3) is 3.13. The zero-order chi connectivity index (χ0) is 5.11. The number of rotatable bonds is 0. The van der Waals surface area contributed by atoms with Gasteiger partial charge in [0.1, 0.15) is 0 Å². The summed E-state index contributed by atoms with van der Waals surface area (Å²) >= 11 is 0. The van der Waals surface area contributed by atoms with Crippen LogP contribution in [-0.2, 0) is 32.7 Å². The fraction of sp³-hybridized carbons (Fsp3) is 0.600. The van der Waals surface area contributed by atoms with Gasteiger partial charge in [-0.1, -0.05) is 0 Å². The van der Waals surface area contributed by atoms with Crippen molar-refractivity contribution in [2.45, 2.75) is 0 Å². The summed E-state index contributed by atoms with van der Waals surface area (Å²) < 4.78 is 0. The van der Waals surface area contributed by atoms with Gasteiger partial charge in [-0.25, -0.2) is 0 Å². The molecule has 1 radical (unpaired) electrons. The standard InChI is InChI=1S/C5H10N2.Y/c1-7-4-2-6-3-5-7;/h2-3,6H,4-5H2,1H3;/q-2;. The van der Waals surface area contributed by atoms with E-state index < -0.39 is 0 Å². The van der Waals surface area contributed by atoms with E-state index in [1.165, 1.54) is 0 Å². The molecular weight excluding hydrogens is 177 g/mol. The first-order valence-corrected chi connectivity index (χ1v) is 2.47. The van der Waals surface area contributed by atoms with E-state index in [1.54, 1.807) is 0 Å². The second-order valence-corrected chi connectivity index (χ2v) is 1.80. The van der Waals surface area contributed by atoms with Crippen molar-refractivity contribution < 1.29 is 32.7 Å². The molecule has 1 saturated heterocycles. The summed E-state index contributed by atoms with van der Waals surface area (Å²) in [6.45, 7) is 6.17. The molecule has 1 rings (SSSR count). The van der Waals surface area contributed by atoms with Crippen molar-refractivity contribution in [2.24, 2.45) is 0 Å². The summed E-state index contributed by atoms with van der Waals surface area (Å²) in [6.07, 6.45) is 0. The number of piperazine rings is 1. The Balaban J connectivity index is 0.000000490. The summed E-state index contributed by atoms with van der Waals surface area (Å²) in [5, 5.41) is 3.02. The van der Waals surface area contributed by atoms with Crippen LogP contribution in [0.4, 0.5) is 0 Å². The third-order valence-corrected chi connectivity index (χ3v) is 1.04. The molecule has 0 atom stereocenters. The molecule has 0 bridgehead atoms. The van der Waals surface area contributed by atoms with E-state index in [0.717, 1.165) is 13.1 Å². The number of hydrogen-bond donors (Lipinski definition) is 1. The third-order valence-electron chi connectivity index (χ3n) is 1.04. The van der Waals surface area contributed by atoms with E-state index in [4.69, 9.17) is 0 Å². The summed E-state index contributed by atoms with van der Waals surface area (Å²) in [5.41, 5.74) is 0. The van der Waals surface area contributed by atoms with Crippen molar-refractivity contribution in [3.63, 3.8) is 0 Å². The molecule has 3 heteroatoms. The molecule has 0 aromatic rings. The van der Waals surface area contributed by atoms with Crippen molar-refractivity contribution in [1.29, 1.82) is 0 Å². The van der Waals surface area contributed by atoms with Crippen LogP contribution in [0, 0.1) is 13.1 Å². The molecule has 0 amide bonds. The average Bonchev–Trinajstić information content (AvgIpc) is 1.69. The summed E-state index contributed by atoms with van der Waals surface area (Å²) in [5.74, 6) is 0.